The molecule has 0 aromatic rings. The van der Waals surface area contributed by atoms with Gasteiger partial charge in [0.2, 0.25) is 11.8 Å². The maximum absolute atomic E-state index is 13.4. The zero-order valence-electron chi connectivity index (χ0n) is 30.3. The molecule has 2 amide bonds. The summed E-state index contributed by atoms with van der Waals surface area (Å²) in [5.74, 6) is 0.597. The number of nitrogens with zero attached hydrogens (tertiary/aromatic N) is 4. The molecule has 0 atom stereocenters. The largest absolute Gasteiger partial charge is 0.343 e. The molecule has 0 aromatic carbocycles. The molecule has 256 valence electrons. The number of carbonyl (C=O) groups excluding carboxylic acids is 2. The van der Waals surface area contributed by atoms with Crippen molar-refractivity contribution >= 4 is 11.8 Å². The van der Waals surface area contributed by atoms with Crippen molar-refractivity contribution in [3.05, 3.63) is 0 Å². The van der Waals surface area contributed by atoms with Crippen LogP contribution in [-0.2, 0) is 9.59 Å². The number of rotatable bonds is 31. The second-order valence-corrected chi connectivity index (χ2v) is 13.5. The molecule has 0 saturated heterocycles. The van der Waals surface area contributed by atoms with Gasteiger partial charge in [0.25, 0.3) is 0 Å². The van der Waals surface area contributed by atoms with Gasteiger partial charge in [0, 0.05) is 39.0 Å². The smallest absolute Gasteiger partial charge is 0.222 e. The zero-order valence-corrected chi connectivity index (χ0v) is 30.3. The van der Waals surface area contributed by atoms with Crippen LogP contribution in [0.25, 0.3) is 0 Å². The van der Waals surface area contributed by atoms with E-state index in [1.165, 1.54) is 96.3 Å². The summed E-state index contributed by atoms with van der Waals surface area (Å²) in [7, 11) is 8.45. The van der Waals surface area contributed by atoms with E-state index in [2.05, 4.69) is 68.6 Å². The van der Waals surface area contributed by atoms with Crippen LogP contribution in [0.1, 0.15) is 168 Å². The molecule has 43 heavy (non-hydrogen) atoms. The van der Waals surface area contributed by atoms with Crippen LogP contribution >= 0.6 is 0 Å². The molecule has 0 unspecified atom stereocenters. The monoisotopic (exact) mass is 609 g/mol. The van der Waals surface area contributed by atoms with Crippen molar-refractivity contribution in [2.75, 3.05) is 54.4 Å². The number of carbonyl (C=O) groups is 2. The fourth-order valence-electron chi connectivity index (χ4n) is 6.18. The van der Waals surface area contributed by atoms with E-state index in [0.717, 1.165) is 64.7 Å². The average molecular weight is 609 g/mol. The lowest BCUT2D eigenvalue weighted by atomic mass is 10.1. The Balaban J connectivity index is 4.70. The first kappa shape index (κ1) is 41.9. The molecule has 0 rings (SSSR count). The van der Waals surface area contributed by atoms with Crippen LogP contribution in [0, 0.1) is 0 Å². The molecule has 0 aliphatic carbocycles. The van der Waals surface area contributed by atoms with Crippen molar-refractivity contribution in [2.24, 2.45) is 0 Å². The van der Waals surface area contributed by atoms with Crippen molar-refractivity contribution in [1.29, 1.82) is 0 Å². The third-order valence-electron chi connectivity index (χ3n) is 8.89. The minimum absolute atomic E-state index is 0.294. The van der Waals surface area contributed by atoms with Gasteiger partial charge in [-0.2, -0.15) is 0 Å². The Morgan fingerprint density at radius 3 is 1.12 bits per heavy atom. The van der Waals surface area contributed by atoms with E-state index >= 15 is 0 Å². The Hall–Kier alpha value is -1.14. The van der Waals surface area contributed by atoms with E-state index in [9.17, 15) is 9.59 Å². The van der Waals surface area contributed by atoms with Crippen LogP contribution < -0.4 is 0 Å². The fourth-order valence-corrected chi connectivity index (χ4v) is 6.18. The lowest BCUT2D eigenvalue weighted by molar-refractivity contribution is -0.132. The predicted octanol–water partition coefficient (Wildman–Crippen LogP) is 9.12. The SMILES string of the molecule is CCCCCCCCCCCC(=O)N(CCC)CCCN(CCC(N(C)C)N(C)C)C(=O)CCCCCCCCCCC. The first-order chi connectivity index (χ1) is 20.8. The van der Waals surface area contributed by atoms with E-state index in [1.54, 1.807) is 0 Å². The first-order valence-corrected chi connectivity index (χ1v) is 18.7. The maximum Gasteiger partial charge on any atom is 0.222 e. The minimum Gasteiger partial charge on any atom is -0.343 e. The summed E-state index contributed by atoms with van der Waals surface area (Å²) in [6.45, 7) is 9.79. The van der Waals surface area contributed by atoms with Crippen LogP contribution in [0.3, 0.4) is 0 Å². The standard InChI is InChI=1S/C37H76N4O2/c1-8-11-13-15-17-19-21-23-25-28-36(42)40(31-10-3)32-27-33-41(34-30-35(38(4)5)39(6)7)37(43)29-26-24-22-20-18-16-14-12-9-2/h35H,8-34H2,1-7H3. The Morgan fingerprint density at radius 1 is 0.419 bits per heavy atom. The summed E-state index contributed by atoms with van der Waals surface area (Å²) in [6, 6.07) is 0. The summed E-state index contributed by atoms with van der Waals surface area (Å²) >= 11 is 0. The van der Waals surface area contributed by atoms with E-state index < -0.39 is 0 Å². The van der Waals surface area contributed by atoms with Gasteiger partial charge in [0.15, 0.2) is 0 Å². The molecule has 0 aliphatic heterocycles. The lowest BCUT2D eigenvalue weighted by Crippen LogP contribution is -2.44. The molecule has 0 radical (unpaired) electrons. The fraction of sp³-hybridized carbons (Fsp3) is 0.946. The summed E-state index contributed by atoms with van der Waals surface area (Å²) in [6.07, 6.45) is 27.3. The molecule has 0 bridgehead atoms. The van der Waals surface area contributed by atoms with Crippen LogP contribution in [0.5, 0.6) is 0 Å². The number of hydrogen-bond donors (Lipinski definition) is 0. The molecular weight excluding hydrogens is 532 g/mol. The normalized spacial score (nSPS) is 11.7. The van der Waals surface area contributed by atoms with E-state index in [4.69, 9.17) is 0 Å². The second kappa shape index (κ2) is 29.6. The van der Waals surface area contributed by atoms with Crippen molar-refractivity contribution in [3.8, 4) is 0 Å². The van der Waals surface area contributed by atoms with Gasteiger partial charge in [-0.3, -0.25) is 19.4 Å². The number of unbranched alkanes of at least 4 members (excludes halogenated alkanes) is 16. The zero-order chi connectivity index (χ0) is 32.1. The average Bonchev–Trinajstić information content (AvgIpc) is 2.97. The maximum atomic E-state index is 13.4. The molecule has 0 aromatic heterocycles. The van der Waals surface area contributed by atoms with E-state index in [1.807, 2.05) is 0 Å². The molecule has 0 heterocycles. The molecule has 0 aliphatic rings. The highest BCUT2D eigenvalue weighted by Gasteiger charge is 2.20. The van der Waals surface area contributed by atoms with E-state index in [-0.39, 0.29) is 0 Å². The summed E-state index contributed by atoms with van der Waals surface area (Å²) in [4.78, 5) is 35.0. The third kappa shape index (κ3) is 23.9. The van der Waals surface area contributed by atoms with Crippen molar-refractivity contribution < 1.29 is 9.59 Å². The van der Waals surface area contributed by atoms with Gasteiger partial charge in [-0.15, -0.1) is 0 Å². The van der Waals surface area contributed by atoms with Crippen LogP contribution in [0.15, 0.2) is 0 Å². The molecule has 6 heteroatoms. The predicted molar refractivity (Wildman–Crippen MR) is 188 cm³/mol. The van der Waals surface area contributed by atoms with Gasteiger partial charge in [-0.1, -0.05) is 124 Å². The summed E-state index contributed by atoms with van der Waals surface area (Å²) in [5, 5.41) is 0. The molecule has 0 spiro atoms. The Kier molecular flexibility index (Phi) is 28.8. The van der Waals surface area contributed by atoms with Gasteiger partial charge < -0.3 is 9.80 Å². The highest BCUT2D eigenvalue weighted by atomic mass is 16.2. The molecular formula is C37H76N4O2. The first-order valence-electron chi connectivity index (χ1n) is 18.7. The second-order valence-electron chi connectivity index (χ2n) is 13.5. The molecule has 0 fully saturated rings. The Morgan fingerprint density at radius 2 is 0.767 bits per heavy atom. The van der Waals surface area contributed by atoms with Crippen molar-refractivity contribution in [3.63, 3.8) is 0 Å². The highest BCUT2D eigenvalue weighted by molar-refractivity contribution is 5.76. The Labute approximate surface area is 269 Å². The van der Waals surface area contributed by atoms with Gasteiger partial charge in [0.05, 0.1) is 6.17 Å². The van der Waals surface area contributed by atoms with Gasteiger partial charge >= 0.3 is 0 Å². The van der Waals surface area contributed by atoms with E-state index in [0.29, 0.717) is 30.8 Å². The Bertz CT molecular complexity index is 632. The lowest BCUT2D eigenvalue weighted by Gasteiger charge is -2.33. The number of amides is 2. The summed E-state index contributed by atoms with van der Waals surface area (Å²) < 4.78 is 0. The van der Waals surface area contributed by atoms with Crippen molar-refractivity contribution in [1.82, 2.24) is 19.6 Å². The van der Waals surface area contributed by atoms with Crippen LogP contribution in [0.4, 0.5) is 0 Å². The number of hydrogen-bond acceptors (Lipinski definition) is 4. The van der Waals surface area contributed by atoms with Crippen LogP contribution in [-0.4, -0.2) is 91.9 Å². The van der Waals surface area contributed by atoms with Gasteiger partial charge in [-0.05, 0) is 60.3 Å². The minimum atomic E-state index is 0.294. The quantitative estimate of drug-likeness (QED) is 0.0582. The highest BCUT2D eigenvalue weighted by Crippen LogP contribution is 2.14. The summed E-state index contributed by atoms with van der Waals surface area (Å²) in [5.41, 5.74) is 0. The third-order valence-corrected chi connectivity index (χ3v) is 8.89. The van der Waals surface area contributed by atoms with Crippen LogP contribution in [0.2, 0.25) is 0 Å². The van der Waals surface area contributed by atoms with Gasteiger partial charge in [-0.25, -0.2) is 0 Å². The topological polar surface area (TPSA) is 47.1 Å². The molecule has 0 saturated carbocycles. The molecule has 6 nitrogen and oxygen atoms in total. The molecule has 0 N–H and O–H groups in total. The van der Waals surface area contributed by atoms with Crippen molar-refractivity contribution in [2.45, 2.75) is 175 Å². The van der Waals surface area contributed by atoms with Gasteiger partial charge in [0.1, 0.15) is 0 Å².